The number of nitrogens with two attached hydrogens (primary N) is 1. The second-order valence-electron chi connectivity index (χ2n) is 3.90. The fraction of sp³-hybridized carbons (Fsp3) is 1.00. The first-order valence-corrected chi connectivity index (χ1v) is 5.24. The van der Waals surface area contributed by atoms with Gasteiger partial charge in [0.1, 0.15) is 0 Å². The number of likely N-dealkylation sites (tertiary alicyclic amines) is 1. The Bertz CT molecular complexity index is 137. The SMILES string of the molecule is CCC(CN)N1CCC(COC)C1. The second-order valence-corrected chi connectivity index (χ2v) is 3.90. The molecule has 2 unspecified atom stereocenters. The Hall–Kier alpha value is -0.120. The van der Waals surface area contributed by atoms with Crippen molar-refractivity contribution in [3.8, 4) is 0 Å². The largest absolute Gasteiger partial charge is 0.384 e. The van der Waals surface area contributed by atoms with Gasteiger partial charge in [0.2, 0.25) is 0 Å². The zero-order chi connectivity index (χ0) is 9.68. The Morgan fingerprint density at radius 1 is 1.62 bits per heavy atom. The van der Waals surface area contributed by atoms with Crippen LogP contribution >= 0.6 is 0 Å². The first kappa shape index (κ1) is 11.0. The highest BCUT2D eigenvalue weighted by molar-refractivity contribution is 4.81. The van der Waals surface area contributed by atoms with Crippen molar-refractivity contribution in [2.75, 3.05) is 33.4 Å². The zero-order valence-electron chi connectivity index (χ0n) is 8.83. The van der Waals surface area contributed by atoms with E-state index in [4.69, 9.17) is 10.5 Å². The number of methoxy groups -OCH3 is 1. The van der Waals surface area contributed by atoms with E-state index in [1.807, 2.05) is 0 Å². The second kappa shape index (κ2) is 5.58. The minimum absolute atomic E-state index is 0.585. The number of nitrogens with zero attached hydrogens (tertiary/aromatic N) is 1. The zero-order valence-corrected chi connectivity index (χ0v) is 8.83. The average molecular weight is 186 g/mol. The number of ether oxygens (including phenoxy) is 1. The third-order valence-electron chi connectivity index (χ3n) is 2.98. The molecule has 78 valence electrons. The summed E-state index contributed by atoms with van der Waals surface area (Å²) in [6.07, 6.45) is 2.43. The van der Waals surface area contributed by atoms with Crippen molar-refractivity contribution in [1.29, 1.82) is 0 Å². The maximum absolute atomic E-state index is 5.71. The molecular formula is C10H22N2O. The fourth-order valence-corrected chi connectivity index (χ4v) is 2.14. The van der Waals surface area contributed by atoms with Crippen molar-refractivity contribution in [3.63, 3.8) is 0 Å². The predicted molar refractivity (Wildman–Crippen MR) is 54.7 cm³/mol. The lowest BCUT2D eigenvalue weighted by Crippen LogP contribution is -2.38. The van der Waals surface area contributed by atoms with Gasteiger partial charge in [-0.2, -0.15) is 0 Å². The van der Waals surface area contributed by atoms with Crippen molar-refractivity contribution >= 4 is 0 Å². The molecule has 13 heavy (non-hydrogen) atoms. The van der Waals surface area contributed by atoms with Gasteiger partial charge in [-0.15, -0.1) is 0 Å². The van der Waals surface area contributed by atoms with E-state index in [1.165, 1.54) is 19.5 Å². The van der Waals surface area contributed by atoms with Crippen LogP contribution in [0.5, 0.6) is 0 Å². The topological polar surface area (TPSA) is 38.5 Å². The van der Waals surface area contributed by atoms with Gasteiger partial charge in [-0.25, -0.2) is 0 Å². The van der Waals surface area contributed by atoms with Gasteiger partial charge in [0.25, 0.3) is 0 Å². The van der Waals surface area contributed by atoms with Crippen molar-refractivity contribution in [3.05, 3.63) is 0 Å². The highest BCUT2D eigenvalue weighted by Crippen LogP contribution is 2.19. The van der Waals surface area contributed by atoms with Crippen molar-refractivity contribution in [2.24, 2.45) is 11.7 Å². The molecule has 0 bridgehead atoms. The van der Waals surface area contributed by atoms with Crippen molar-refractivity contribution in [1.82, 2.24) is 4.90 Å². The van der Waals surface area contributed by atoms with E-state index < -0.39 is 0 Å². The van der Waals surface area contributed by atoms with E-state index >= 15 is 0 Å². The van der Waals surface area contributed by atoms with Gasteiger partial charge in [0.05, 0.1) is 6.61 Å². The molecule has 1 aliphatic rings. The van der Waals surface area contributed by atoms with Crippen LogP contribution in [-0.4, -0.2) is 44.3 Å². The van der Waals surface area contributed by atoms with Crippen LogP contribution < -0.4 is 5.73 Å². The van der Waals surface area contributed by atoms with Crippen LogP contribution in [0, 0.1) is 5.92 Å². The van der Waals surface area contributed by atoms with Crippen LogP contribution in [0.1, 0.15) is 19.8 Å². The smallest absolute Gasteiger partial charge is 0.0503 e. The Morgan fingerprint density at radius 3 is 2.92 bits per heavy atom. The highest BCUT2D eigenvalue weighted by Gasteiger charge is 2.26. The molecule has 0 aromatic rings. The molecule has 1 heterocycles. The molecule has 1 fully saturated rings. The van der Waals surface area contributed by atoms with Crippen LogP contribution in [0.15, 0.2) is 0 Å². The maximum Gasteiger partial charge on any atom is 0.0503 e. The van der Waals surface area contributed by atoms with E-state index in [2.05, 4.69) is 11.8 Å². The molecule has 0 saturated carbocycles. The summed E-state index contributed by atoms with van der Waals surface area (Å²) in [7, 11) is 1.78. The summed E-state index contributed by atoms with van der Waals surface area (Å²) in [5.41, 5.74) is 5.71. The fourth-order valence-electron chi connectivity index (χ4n) is 2.14. The maximum atomic E-state index is 5.71. The van der Waals surface area contributed by atoms with Gasteiger partial charge < -0.3 is 10.5 Å². The molecule has 1 aliphatic heterocycles. The molecule has 0 aromatic heterocycles. The van der Waals surface area contributed by atoms with E-state index in [-0.39, 0.29) is 0 Å². The van der Waals surface area contributed by atoms with Gasteiger partial charge in [0.15, 0.2) is 0 Å². The average Bonchev–Trinajstić information content (AvgIpc) is 2.56. The van der Waals surface area contributed by atoms with Crippen LogP contribution in [0.25, 0.3) is 0 Å². The standard InChI is InChI=1S/C10H22N2O/c1-3-10(6-11)12-5-4-9(7-12)8-13-2/h9-10H,3-8,11H2,1-2H3. The lowest BCUT2D eigenvalue weighted by atomic mass is 10.1. The van der Waals surface area contributed by atoms with Gasteiger partial charge in [-0.05, 0) is 25.3 Å². The summed E-state index contributed by atoms with van der Waals surface area (Å²) in [4.78, 5) is 2.50. The van der Waals surface area contributed by atoms with Crippen LogP contribution in [0.4, 0.5) is 0 Å². The first-order valence-electron chi connectivity index (χ1n) is 5.24. The molecule has 2 N–H and O–H groups in total. The van der Waals surface area contributed by atoms with Crippen molar-refractivity contribution in [2.45, 2.75) is 25.8 Å². The predicted octanol–water partition coefficient (Wildman–Crippen LogP) is 0.692. The monoisotopic (exact) mass is 186 g/mol. The number of hydrogen-bond donors (Lipinski definition) is 1. The molecule has 0 aliphatic carbocycles. The van der Waals surface area contributed by atoms with Gasteiger partial charge in [0, 0.05) is 26.2 Å². The minimum atomic E-state index is 0.585. The first-order chi connectivity index (χ1) is 6.31. The van der Waals surface area contributed by atoms with Crippen LogP contribution in [0.2, 0.25) is 0 Å². The highest BCUT2D eigenvalue weighted by atomic mass is 16.5. The van der Waals surface area contributed by atoms with Crippen LogP contribution in [-0.2, 0) is 4.74 Å². The molecule has 3 heteroatoms. The third-order valence-corrected chi connectivity index (χ3v) is 2.98. The summed E-state index contributed by atoms with van der Waals surface area (Å²) in [5.74, 6) is 0.727. The molecule has 0 spiro atoms. The molecule has 1 rings (SSSR count). The molecule has 0 amide bonds. The Labute approximate surface area is 81.2 Å². The summed E-state index contributed by atoms with van der Waals surface area (Å²) in [6, 6.07) is 0.585. The molecule has 0 aromatic carbocycles. The Morgan fingerprint density at radius 2 is 2.38 bits per heavy atom. The molecule has 3 nitrogen and oxygen atoms in total. The summed E-state index contributed by atoms with van der Waals surface area (Å²) in [6.45, 7) is 6.27. The van der Waals surface area contributed by atoms with Crippen molar-refractivity contribution < 1.29 is 4.74 Å². The Kier molecular flexibility index (Phi) is 4.70. The Balaban J connectivity index is 2.30. The number of rotatable bonds is 5. The van der Waals surface area contributed by atoms with Gasteiger partial charge in [-0.3, -0.25) is 4.90 Å². The molecular weight excluding hydrogens is 164 g/mol. The molecule has 0 radical (unpaired) electrons. The molecule has 2 atom stereocenters. The summed E-state index contributed by atoms with van der Waals surface area (Å²) >= 11 is 0. The summed E-state index contributed by atoms with van der Waals surface area (Å²) < 4.78 is 5.16. The summed E-state index contributed by atoms with van der Waals surface area (Å²) in [5, 5.41) is 0. The third kappa shape index (κ3) is 2.93. The van der Waals surface area contributed by atoms with Crippen LogP contribution in [0.3, 0.4) is 0 Å². The quantitative estimate of drug-likeness (QED) is 0.686. The molecule has 1 saturated heterocycles. The van der Waals surface area contributed by atoms with Gasteiger partial charge in [-0.1, -0.05) is 6.92 Å². The van der Waals surface area contributed by atoms with E-state index in [1.54, 1.807) is 7.11 Å². The van der Waals surface area contributed by atoms with Gasteiger partial charge >= 0.3 is 0 Å². The lowest BCUT2D eigenvalue weighted by Gasteiger charge is -2.25. The lowest BCUT2D eigenvalue weighted by molar-refractivity contribution is 0.147. The van der Waals surface area contributed by atoms with E-state index in [9.17, 15) is 0 Å². The normalized spacial score (nSPS) is 26.5. The van der Waals surface area contributed by atoms with E-state index in [0.29, 0.717) is 6.04 Å². The number of hydrogen-bond acceptors (Lipinski definition) is 3. The minimum Gasteiger partial charge on any atom is -0.384 e. The van der Waals surface area contributed by atoms with E-state index in [0.717, 1.165) is 25.5 Å².